The molecular weight excluding hydrogens is 386 g/mol. The predicted molar refractivity (Wildman–Crippen MR) is 103 cm³/mol. The van der Waals surface area contributed by atoms with Crippen LogP contribution in [0.25, 0.3) is 0 Å². The van der Waals surface area contributed by atoms with E-state index in [4.69, 9.17) is 11.6 Å². The highest BCUT2D eigenvalue weighted by atomic mass is 79.9. The predicted octanol–water partition coefficient (Wildman–Crippen LogP) is 6.11. The summed E-state index contributed by atoms with van der Waals surface area (Å²) in [5.41, 5.74) is 2.44. The highest BCUT2D eigenvalue weighted by Crippen LogP contribution is 2.19. The van der Waals surface area contributed by atoms with Gasteiger partial charge in [-0.2, -0.15) is 0 Å². The molecule has 0 aliphatic heterocycles. The standard InChI is InChI=1S/C20H13BrClNO/c21-16-10-6-15(7-11-16)20(24)19(14-8-12-17(22)13-9-14)23-18-4-2-1-3-5-18/h1-13H. The van der Waals surface area contributed by atoms with Crippen LogP contribution in [0, 0.1) is 0 Å². The average Bonchev–Trinajstić information content (AvgIpc) is 2.62. The zero-order chi connectivity index (χ0) is 16.9. The van der Waals surface area contributed by atoms with Crippen molar-refractivity contribution in [2.45, 2.75) is 0 Å². The van der Waals surface area contributed by atoms with Crippen LogP contribution in [-0.4, -0.2) is 11.5 Å². The summed E-state index contributed by atoms with van der Waals surface area (Å²) in [6.45, 7) is 0. The molecule has 0 radical (unpaired) electrons. The van der Waals surface area contributed by atoms with Crippen LogP contribution in [0.5, 0.6) is 0 Å². The van der Waals surface area contributed by atoms with Crippen molar-refractivity contribution < 1.29 is 4.79 Å². The number of carbonyl (C=O) groups excluding carboxylic acids is 1. The van der Waals surface area contributed by atoms with Crippen molar-refractivity contribution in [3.05, 3.63) is 99.5 Å². The third kappa shape index (κ3) is 3.99. The van der Waals surface area contributed by atoms with Crippen LogP contribution in [0.1, 0.15) is 15.9 Å². The normalized spacial score (nSPS) is 11.3. The van der Waals surface area contributed by atoms with Gasteiger partial charge < -0.3 is 0 Å². The molecule has 24 heavy (non-hydrogen) atoms. The molecule has 0 aromatic heterocycles. The minimum Gasteiger partial charge on any atom is -0.287 e. The fraction of sp³-hybridized carbons (Fsp3) is 0. The highest BCUT2D eigenvalue weighted by Gasteiger charge is 2.16. The number of Topliss-reactive ketones (excluding diaryl/α,β-unsaturated/α-hetero) is 1. The molecule has 0 aliphatic rings. The summed E-state index contributed by atoms with van der Waals surface area (Å²) in [4.78, 5) is 17.5. The van der Waals surface area contributed by atoms with Gasteiger partial charge in [-0.1, -0.05) is 57.9 Å². The second kappa shape index (κ2) is 7.56. The number of para-hydroxylation sites is 1. The number of ketones is 1. The van der Waals surface area contributed by atoms with E-state index in [1.807, 2.05) is 42.5 Å². The number of carbonyl (C=O) groups is 1. The molecule has 0 bridgehead atoms. The van der Waals surface area contributed by atoms with Crippen LogP contribution in [0.2, 0.25) is 5.02 Å². The molecule has 0 unspecified atom stereocenters. The lowest BCUT2D eigenvalue weighted by Gasteiger charge is -2.07. The molecule has 3 aromatic rings. The molecule has 0 saturated heterocycles. The Morgan fingerprint density at radius 2 is 1.38 bits per heavy atom. The SMILES string of the molecule is O=C(C(=Nc1ccccc1)c1ccc(Cl)cc1)c1ccc(Br)cc1. The third-order valence-electron chi connectivity index (χ3n) is 3.44. The number of aliphatic imine (C=N–C) groups is 1. The van der Waals surface area contributed by atoms with E-state index in [0.717, 1.165) is 15.7 Å². The van der Waals surface area contributed by atoms with Gasteiger partial charge in [0.25, 0.3) is 0 Å². The molecule has 0 spiro atoms. The largest absolute Gasteiger partial charge is 0.287 e. The summed E-state index contributed by atoms with van der Waals surface area (Å²) in [5, 5.41) is 0.619. The van der Waals surface area contributed by atoms with Crippen molar-refractivity contribution in [2.24, 2.45) is 4.99 Å². The van der Waals surface area contributed by atoms with Crippen molar-refractivity contribution in [3.8, 4) is 0 Å². The van der Waals surface area contributed by atoms with Crippen LogP contribution in [-0.2, 0) is 0 Å². The van der Waals surface area contributed by atoms with Gasteiger partial charge in [-0.3, -0.25) is 4.79 Å². The summed E-state index contributed by atoms with van der Waals surface area (Å²) < 4.78 is 0.923. The van der Waals surface area contributed by atoms with E-state index in [1.54, 1.807) is 36.4 Å². The molecule has 3 rings (SSSR count). The number of nitrogens with zero attached hydrogens (tertiary/aromatic N) is 1. The lowest BCUT2D eigenvalue weighted by Crippen LogP contribution is -2.15. The van der Waals surface area contributed by atoms with Gasteiger partial charge >= 0.3 is 0 Å². The number of benzene rings is 3. The Morgan fingerprint density at radius 1 is 0.792 bits per heavy atom. The Hall–Kier alpha value is -2.23. The number of rotatable bonds is 4. The fourth-order valence-corrected chi connectivity index (χ4v) is 2.61. The van der Waals surface area contributed by atoms with Gasteiger partial charge in [0.15, 0.2) is 0 Å². The van der Waals surface area contributed by atoms with Gasteiger partial charge in [-0.05, 0) is 48.5 Å². The lowest BCUT2D eigenvalue weighted by atomic mass is 10.0. The van der Waals surface area contributed by atoms with Crippen LogP contribution in [0.15, 0.2) is 88.3 Å². The van der Waals surface area contributed by atoms with E-state index in [9.17, 15) is 4.79 Å². The van der Waals surface area contributed by atoms with Crippen LogP contribution < -0.4 is 0 Å². The smallest absolute Gasteiger partial charge is 0.211 e. The summed E-state index contributed by atoms with van der Waals surface area (Å²) >= 11 is 9.34. The van der Waals surface area contributed by atoms with E-state index in [2.05, 4.69) is 20.9 Å². The summed E-state index contributed by atoms with van der Waals surface area (Å²) in [7, 11) is 0. The van der Waals surface area contributed by atoms with Crippen molar-refractivity contribution in [1.29, 1.82) is 0 Å². The quantitative estimate of drug-likeness (QED) is 0.385. The minimum absolute atomic E-state index is 0.131. The molecule has 0 saturated carbocycles. The molecule has 0 heterocycles. The van der Waals surface area contributed by atoms with Gasteiger partial charge in [-0.25, -0.2) is 4.99 Å². The number of hydrogen-bond donors (Lipinski definition) is 0. The molecule has 4 heteroatoms. The average molecular weight is 399 g/mol. The van der Waals surface area contributed by atoms with E-state index >= 15 is 0 Å². The van der Waals surface area contributed by atoms with Gasteiger partial charge in [0.05, 0.1) is 5.69 Å². The van der Waals surface area contributed by atoms with Crippen molar-refractivity contribution in [2.75, 3.05) is 0 Å². The summed E-state index contributed by atoms with van der Waals surface area (Å²) in [5.74, 6) is -0.131. The Balaban J connectivity index is 2.07. The Kier molecular flexibility index (Phi) is 5.24. The Morgan fingerprint density at radius 3 is 2.00 bits per heavy atom. The first-order valence-corrected chi connectivity index (χ1v) is 8.50. The summed E-state index contributed by atoms with van der Waals surface area (Å²) in [6, 6.07) is 23.8. The Bertz CT molecular complexity index is 872. The van der Waals surface area contributed by atoms with E-state index in [0.29, 0.717) is 16.3 Å². The van der Waals surface area contributed by atoms with Crippen LogP contribution in [0.3, 0.4) is 0 Å². The van der Waals surface area contributed by atoms with Crippen molar-refractivity contribution in [1.82, 2.24) is 0 Å². The minimum atomic E-state index is -0.131. The second-order valence-electron chi connectivity index (χ2n) is 5.14. The molecule has 0 aliphatic carbocycles. The molecule has 2 nitrogen and oxygen atoms in total. The van der Waals surface area contributed by atoms with E-state index in [-0.39, 0.29) is 5.78 Å². The number of halogens is 2. The van der Waals surface area contributed by atoms with E-state index in [1.165, 1.54) is 0 Å². The first kappa shape index (κ1) is 16.6. The molecule has 3 aromatic carbocycles. The monoisotopic (exact) mass is 397 g/mol. The zero-order valence-corrected chi connectivity index (χ0v) is 15.0. The molecule has 0 N–H and O–H groups in total. The molecule has 0 amide bonds. The molecule has 0 atom stereocenters. The zero-order valence-electron chi connectivity index (χ0n) is 12.6. The van der Waals surface area contributed by atoms with Gasteiger partial charge in [0, 0.05) is 20.6 Å². The van der Waals surface area contributed by atoms with E-state index < -0.39 is 0 Å². The first-order valence-electron chi connectivity index (χ1n) is 7.33. The van der Waals surface area contributed by atoms with Gasteiger partial charge in [0.2, 0.25) is 5.78 Å². The van der Waals surface area contributed by atoms with Crippen LogP contribution >= 0.6 is 27.5 Å². The van der Waals surface area contributed by atoms with Gasteiger partial charge in [-0.15, -0.1) is 0 Å². The number of hydrogen-bond acceptors (Lipinski definition) is 2. The second-order valence-corrected chi connectivity index (χ2v) is 6.49. The maximum atomic E-state index is 13.0. The lowest BCUT2D eigenvalue weighted by molar-refractivity contribution is 0.106. The topological polar surface area (TPSA) is 29.4 Å². The van der Waals surface area contributed by atoms with Crippen molar-refractivity contribution in [3.63, 3.8) is 0 Å². The van der Waals surface area contributed by atoms with Crippen molar-refractivity contribution >= 4 is 44.7 Å². The van der Waals surface area contributed by atoms with Gasteiger partial charge in [0.1, 0.15) is 5.71 Å². The maximum absolute atomic E-state index is 13.0. The Labute approximate surface area is 154 Å². The third-order valence-corrected chi connectivity index (χ3v) is 4.22. The maximum Gasteiger partial charge on any atom is 0.211 e. The first-order chi connectivity index (χ1) is 11.6. The molecular formula is C20H13BrClNO. The molecule has 118 valence electrons. The highest BCUT2D eigenvalue weighted by molar-refractivity contribution is 9.10. The summed E-state index contributed by atoms with van der Waals surface area (Å²) in [6.07, 6.45) is 0. The molecule has 0 fully saturated rings. The fourth-order valence-electron chi connectivity index (χ4n) is 2.22. The van der Waals surface area contributed by atoms with Crippen LogP contribution in [0.4, 0.5) is 5.69 Å².